The Morgan fingerprint density at radius 2 is 1.23 bits per heavy atom. The zero-order valence-electron chi connectivity index (χ0n) is 20.9. The van der Waals surface area contributed by atoms with Crippen molar-refractivity contribution in [2.45, 2.75) is 83.5 Å². The van der Waals surface area contributed by atoms with E-state index in [0.717, 1.165) is 42.3 Å². The van der Waals surface area contributed by atoms with Crippen LogP contribution in [-0.2, 0) is 19.3 Å². The zero-order valence-corrected chi connectivity index (χ0v) is 20.9. The minimum Gasteiger partial charge on any atom is -0.508 e. The number of aryl methyl sites for hydroxylation is 2. The number of phenolic OH excluding ortho intramolecular Hbond substituents is 1. The first-order valence-electron chi connectivity index (χ1n) is 13.4. The van der Waals surface area contributed by atoms with Crippen molar-refractivity contribution in [3.8, 4) is 5.75 Å². The fourth-order valence-corrected chi connectivity index (χ4v) is 4.95. The molecule has 0 aliphatic heterocycles. The predicted octanol–water partition coefficient (Wildman–Crippen LogP) is 7.94. The summed E-state index contributed by atoms with van der Waals surface area (Å²) in [4.78, 5) is 0. The van der Waals surface area contributed by atoms with Crippen molar-refractivity contribution in [2.75, 3.05) is 0 Å². The maximum atomic E-state index is 10.3. The number of phenols is 1. The van der Waals surface area contributed by atoms with Gasteiger partial charge in [0.25, 0.3) is 0 Å². The average Bonchev–Trinajstić information content (AvgIpc) is 3.37. The summed E-state index contributed by atoms with van der Waals surface area (Å²) in [5, 5.41) is 21.4. The highest BCUT2D eigenvalue weighted by atomic mass is 16.3. The predicted molar refractivity (Wildman–Crippen MR) is 145 cm³/mol. The Kier molecular flexibility index (Phi) is 9.75. The third-order valence-corrected chi connectivity index (χ3v) is 6.97. The lowest BCUT2D eigenvalue weighted by Gasteiger charge is -2.09. The number of unbranched alkanes of at least 4 members (excludes halogenated alkanes) is 9. The van der Waals surface area contributed by atoms with Gasteiger partial charge in [0.2, 0.25) is 0 Å². The molecule has 35 heavy (non-hydrogen) atoms. The van der Waals surface area contributed by atoms with Crippen LogP contribution in [0.15, 0.2) is 66.7 Å². The van der Waals surface area contributed by atoms with Crippen molar-refractivity contribution in [1.82, 2.24) is 15.4 Å². The lowest BCUT2D eigenvalue weighted by Crippen LogP contribution is -1.93. The Morgan fingerprint density at radius 3 is 1.94 bits per heavy atom. The molecule has 0 amide bonds. The molecule has 4 heteroatoms. The first-order chi connectivity index (χ1) is 17.3. The molecule has 4 aromatic rings. The standard InChI is InChI=1S/C31H39N3O/c35-30-22-21-26(23-25-15-10-9-11-16-25)24-28(30)18-13-8-6-4-2-1-3-5-7-12-17-27-19-14-20-29-31(27)33-34-32-29/h9-11,14-16,19-22,24,35H,1-8,12-13,17-18,23H2,(H,32,33,34). The van der Waals surface area contributed by atoms with Crippen LogP contribution in [0.5, 0.6) is 5.75 Å². The summed E-state index contributed by atoms with van der Waals surface area (Å²) in [6.07, 6.45) is 15.9. The van der Waals surface area contributed by atoms with E-state index in [0.29, 0.717) is 5.75 Å². The molecule has 184 valence electrons. The van der Waals surface area contributed by atoms with E-state index in [1.165, 1.54) is 74.5 Å². The van der Waals surface area contributed by atoms with Gasteiger partial charge in [-0.05, 0) is 66.5 Å². The first-order valence-corrected chi connectivity index (χ1v) is 13.4. The van der Waals surface area contributed by atoms with E-state index in [1.807, 2.05) is 18.2 Å². The molecule has 0 radical (unpaired) electrons. The third kappa shape index (κ3) is 7.95. The van der Waals surface area contributed by atoms with Gasteiger partial charge in [0.15, 0.2) is 0 Å². The van der Waals surface area contributed by atoms with Crippen LogP contribution >= 0.6 is 0 Å². The fraction of sp³-hybridized carbons (Fsp3) is 0.419. The average molecular weight is 470 g/mol. The van der Waals surface area contributed by atoms with E-state index in [9.17, 15) is 5.11 Å². The number of aromatic nitrogens is 3. The molecule has 0 unspecified atom stereocenters. The number of hydrogen-bond donors (Lipinski definition) is 2. The normalized spacial score (nSPS) is 11.3. The van der Waals surface area contributed by atoms with Gasteiger partial charge in [-0.1, -0.05) is 106 Å². The third-order valence-electron chi connectivity index (χ3n) is 6.97. The molecular weight excluding hydrogens is 430 g/mol. The highest BCUT2D eigenvalue weighted by Gasteiger charge is 2.05. The maximum Gasteiger partial charge on any atom is 0.118 e. The Hall–Kier alpha value is -3.14. The summed E-state index contributed by atoms with van der Waals surface area (Å²) in [6, 6.07) is 22.9. The molecule has 4 nitrogen and oxygen atoms in total. The van der Waals surface area contributed by atoms with Gasteiger partial charge < -0.3 is 5.11 Å². The molecule has 0 saturated heterocycles. The Labute approximate surface area is 209 Å². The molecule has 0 saturated carbocycles. The Morgan fingerprint density at radius 1 is 0.571 bits per heavy atom. The number of aromatic hydroxyl groups is 1. The maximum absolute atomic E-state index is 10.3. The molecule has 0 bridgehead atoms. The van der Waals surface area contributed by atoms with Crippen molar-refractivity contribution in [1.29, 1.82) is 0 Å². The smallest absolute Gasteiger partial charge is 0.118 e. The molecule has 0 aliphatic carbocycles. The summed E-state index contributed by atoms with van der Waals surface area (Å²) in [6.45, 7) is 0. The lowest BCUT2D eigenvalue weighted by atomic mass is 9.98. The van der Waals surface area contributed by atoms with Crippen molar-refractivity contribution >= 4 is 11.0 Å². The second kappa shape index (κ2) is 13.7. The first kappa shape index (κ1) is 25.0. The molecule has 0 atom stereocenters. The van der Waals surface area contributed by atoms with Gasteiger partial charge in [0.05, 0.1) is 0 Å². The van der Waals surface area contributed by atoms with Crippen LogP contribution in [0.2, 0.25) is 0 Å². The SMILES string of the molecule is Oc1ccc(Cc2ccccc2)cc1CCCCCCCCCCCCc1cccc2n[nH]nc12. The quantitative estimate of drug-likeness (QED) is 0.174. The molecule has 2 N–H and O–H groups in total. The van der Waals surface area contributed by atoms with Gasteiger partial charge in [0, 0.05) is 0 Å². The highest BCUT2D eigenvalue weighted by Crippen LogP contribution is 2.23. The molecule has 4 rings (SSSR count). The van der Waals surface area contributed by atoms with E-state index in [2.05, 4.69) is 63.9 Å². The lowest BCUT2D eigenvalue weighted by molar-refractivity contribution is 0.465. The van der Waals surface area contributed by atoms with Gasteiger partial charge in [-0.2, -0.15) is 15.4 Å². The second-order valence-electron chi connectivity index (χ2n) is 9.77. The molecule has 1 heterocycles. The fourth-order valence-electron chi connectivity index (χ4n) is 4.95. The van der Waals surface area contributed by atoms with Crippen LogP contribution in [0.1, 0.15) is 86.5 Å². The number of fused-ring (bicyclic) bond motifs is 1. The van der Waals surface area contributed by atoms with Gasteiger partial charge in [-0.15, -0.1) is 0 Å². The van der Waals surface area contributed by atoms with Crippen LogP contribution < -0.4 is 0 Å². The Balaban J connectivity index is 1.02. The minimum absolute atomic E-state index is 0.444. The van der Waals surface area contributed by atoms with E-state index in [4.69, 9.17) is 0 Å². The minimum atomic E-state index is 0.444. The van der Waals surface area contributed by atoms with Gasteiger partial charge >= 0.3 is 0 Å². The number of H-pyrrole nitrogens is 1. The summed E-state index contributed by atoms with van der Waals surface area (Å²) < 4.78 is 0. The summed E-state index contributed by atoms with van der Waals surface area (Å²) in [7, 11) is 0. The number of nitrogens with zero attached hydrogens (tertiary/aromatic N) is 2. The molecule has 0 aliphatic rings. The van der Waals surface area contributed by atoms with Crippen LogP contribution in [0.3, 0.4) is 0 Å². The van der Waals surface area contributed by atoms with Gasteiger partial charge in [-0.3, -0.25) is 0 Å². The Bertz CT molecular complexity index is 1150. The van der Waals surface area contributed by atoms with Crippen LogP contribution in [-0.4, -0.2) is 20.5 Å². The monoisotopic (exact) mass is 469 g/mol. The number of aromatic amines is 1. The number of benzene rings is 3. The molecular formula is C31H39N3O. The van der Waals surface area contributed by atoms with Crippen LogP contribution in [0.25, 0.3) is 11.0 Å². The van der Waals surface area contributed by atoms with E-state index in [-0.39, 0.29) is 0 Å². The summed E-state index contributed by atoms with van der Waals surface area (Å²) >= 11 is 0. The van der Waals surface area contributed by atoms with Gasteiger partial charge in [0.1, 0.15) is 16.8 Å². The van der Waals surface area contributed by atoms with E-state index in [1.54, 1.807) is 0 Å². The van der Waals surface area contributed by atoms with Crippen LogP contribution in [0.4, 0.5) is 0 Å². The van der Waals surface area contributed by atoms with Crippen molar-refractivity contribution < 1.29 is 5.11 Å². The number of hydrogen-bond acceptors (Lipinski definition) is 3. The summed E-state index contributed by atoms with van der Waals surface area (Å²) in [5.74, 6) is 0.444. The van der Waals surface area contributed by atoms with Crippen molar-refractivity contribution in [3.05, 3.63) is 89.0 Å². The van der Waals surface area contributed by atoms with Crippen molar-refractivity contribution in [2.24, 2.45) is 0 Å². The number of rotatable bonds is 15. The molecule has 3 aromatic carbocycles. The van der Waals surface area contributed by atoms with Crippen molar-refractivity contribution in [3.63, 3.8) is 0 Å². The largest absolute Gasteiger partial charge is 0.508 e. The second-order valence-corrected chi connectivity index (χ2v) is 9.77. The highest BCUT2D eigenvalue weighted by molar-refractivity contribution is 5.77. The zero-order chi connectivity index (χ0) is 24.1. The molecule has 1 aromatic heterocycles. The summed E-state index contributed by atoms with van der Waals surface area (Å²) in [5.41, 5.74) is 7.00. The number of nitrogens with one attached hydrogen (secondary N) is 1. The van der Waals surface area contributed by atoms with E-state index >= 15 is 0 Å². The molecule has 0 spiro atoms. The van der Waals surface area contributed by atoms with Gasteiger partial charge in [-0.25, -0.2) is 0 Å². The van der Waals surface area contributed by atoms with E-state index < -0.39 is 0 Å². The topological polar surface area (TPSA) is 61.8 Å². The van der Waals surface area contributed by atoms with Crippen LogP contribution in [0, 0.1) is 0 Å². The molecule has 0 fully saturated rings. The number of para-hydroxylation sites is 1.